The first kappa shape index (κ1) is 19.1. The molecule has 2 aromatic rings. The number of nitrogens with one attached hydrogen (secondary N) is 1. The Morgan fingerprint density at radius 3 is 2.89 bits per heavy atom. The Labute approximate surface area is 158 Å². The van der Waals surface area contributed by atoms with Crippen molar-refractivity contribution in [2.24, 2.45) is 11.7 Å². The van der Waals surface area contributed by atoms with Crippen LogP contribution in [0.4, 0.5) is 0 Å². The first-order chi connectivity index (χ1) is 13.2. The summed E-state index contributed by atoms with van der Waals surface area (Å²) in [6, 6.07) is 9.74. The van der Waals surface area contributed by atoms with Crippen molar-refractivity contribution in [2.45, 2.75) is 25.7 Å². The van der Waals surface area contributed by atoms with Gasteiger partial charge in [0.15, 0.2) is 11.7 Å². The van der Waals surface area contributed by atoms with Gasteiger partial charge in [-0.2, -0.15) is 0 Å². The lowest BCUT2D eigenvalue weighted by Gasteiger charge is -2.32. The van der Waals surface area contributed by atoms with Gasteiger partial charge in [0.2, 0.25) is 11.8 Å². The Morgan fingerprint density at radius 1 is 1.30 bits per heavy atom. The fourth-order valence-corrected chi connectivity index (χ4v) is 3.29. The molecule has 1 fully saturated rings. The minimum atomic E-state index is -0.152. The van der Waals surface area contributed by atoms with Gasteiger partial charge in [0.05, 0.1) is 12.1 Å². The summed E-state index contributed by atoms with van der Waals surface area (Å²) >= 11 is 0. The summed E-state index contributed by atoms with van der Waals surface area (Å²) in [6.07, 6.45) is 4.11. The topological polar surface area (TPSA) is 101 Å². The summed E-state index contributed by atoms with van der Waals surface area (Å²) in [5, 5.41) is 2.81. The van der Waals surface area contributed by atoms with Crippen molar-refractivity contribution >= 4 is 11.8 Å². The molecule has 1 atom stereocenters. The zero-order valence-electron chi connectivity index (χ0n) is 15.4. The number of amides is 2. The number of rotatable bonds is 7. The Morgan fingerprint density at radius 2 is 2.11 bits per heavy atom. The van der Waals surface area contributed by atoms with Gasteiger partial charge in [-0.1, -0.05) is 30.3 Å². The predicted molar refractivity (Wildman–Crippen MR) is 102 cm³/mol. The third kappa shape index (κ3) is 5.17. The van der Waals surface area contributed by atoms with Crippen molar-refractivity contribution in [3.63, 3.8) is 0 Å². The predicted octanol–water partition coefficient (Wildman–Crippen LogP) is 1.59. The molecule has 0 bridgehead atoms. The summed E-state index contributed by atoms with van der Waals surface area (Å²) in [7, 11) is 0. The SMILES string of the molecule is NCCNC(=O)C1CCCN(C(=O)CCc2ncc(-c3ccccc3)o2)C1. The van der Waals surface area contributed by atoms with Gasteiger partial charge < -0.3 is 20.4 Å². The molecular weight excluding hydrogens is 344 g/mol. The summed E-state index contributed by atoms with van der Waals surface area (Å²) in [6.45, 7) is 2.05. The van der Waals surface area contributed by atoms with E-state index in [1.807, 2.05) is 30.3 Å². The van der Waals surface area contributed by atoms with E-state index in [2.05, 4.69) is 10.3 Å². The lowest BCUT2D eigenvalue weighted by molar-refractivity contribution is -0.135. The molecule has 0 saturated carbocycles. The summed E-state index contributed by atoms with van der Waals surface area (Å²) in [5.41, 5.74) is 6.38. The Kier molecular flexibility index (Phi) is 6.59. The van der Waals surface area contributed by atoms with E-state index in [1.54, 1.807) is 11.1 Å². The van der Waals surface area contributed by atoms with E-state index in [0.29, 0.717) is 50.7 Å². The quantitative estimate of drug-likeness (QED) is 0.771. The number of benzene rings is 1. The number of hydrogen-bond donors (Lipinski definition) is 2. The van der Waals surface area contributed by atoms with Crippen molar-refractivity contribution in [3.05, 3.63) is 42.4 Å². The molecule has 144 valence electrons. The molecule has 3 N–H and O–H groups in total. The number of piperidine rings is 1. The van der Waals surface area contributed by atoms with E-state index in [0.717, 1.165) is 18.4 Å². The van der Waals surface area contributed by atoms with E-state index >= 15 is 0 Å². The van der Waals surface area contributed by atoms with E-state index in [9.17, 15) is 9.59 Å². The second-order valence-corrected chi connectivity index (χ2v) is 6.74. The number of aromatic nitrogens is 1. The second kappa shape index (κ2) is 9.32. The molecule has 1 aliphatic rings. The second-order valence-electron chi connectivity index (χ2n) is 6.74. The third-order valence-electron chi connectivity index (χ3n) is 4.75. The number of nitrogens with two attached hydrogens (primary N) is 1. The average molecular weight is 370 g/mol. The molecular formula is C20H26N4O3. The Balaban J connectivity index is 1.50. The number of nitrogens with zero attached hydrogens (tertiary/aromatic N) is 2. The van der Waals surface area contributed by atoms with E-state index < -0.39 is 0 Å². The van der Waals surface area contributed by atoms with Crippen molar-refractivity contribution in [2.75, 3.05) is 26.2 Å². The van der Waals surface area contributed by atoms with Crippen molar-refractivity contribution in [3.8, 4) is 11.3 Å². The number of likely N-dealkylation sites (tertiary alicyclic amines) is 1. The van der Waals surface area contributed by atoms with Crippen LogP contribution in [0.2, 0.25) is 0 Å². The van der Waals surface area contributed by atoms with Crippen LogP contribution in [0.15, 0.2) is 40.9 Å². The van der Waals surface area contributed by atoms with Crippen LogP contribution >= 0.6 is 0 Å². The average Bonchev–Trinajstić information content (AvgIpc) is 3.20. The van der Waals surface area contributed by atoms with Crippen LogP contribution in [-0.4, -0.2) is 47.9 Å². The first-order valence-electron chi connectivity index (χ1n) is 9.43. The van der Waals surface area contributed by atoms with Crippen LogP contribution in [-0.2, 0) is 16.0 Å². The molecule has 2 heterocycles. The summed E-state index contributed by atoms with van der Waals surface area (Å²) in [4.78, 5) is 30.7. The van der Waals surface area contributed by atoms with E-state index in [-0.39, 0.29) is 17.7 Å². The highest BCUT2D eigenvalue weighted by Gasteiger charge is 2.28. The van der Waals surface area contributed by atoms with Gasteiger partial charge in [-0.05, 0) is 12.8 Å². The molecule has 3 rings (SSSR count). The minimum Gasteiger partial charge on any atom is -0.441 e. The fraction of sp³-hybridized carbons (Fsp3) is 0.450. The lowest BCUT2D eigenvalue weighted by Crippen LogP contribution is -2.46. The third-order valence-corrected chi connectivity index (χ3v) is 4.75. The molecule has 1 aromatic heterocycles. The highest BCUT2D eigenvalue weighted by molar-refractivity contribution is 5.81. The molecule has 0 spiro atoms. The van der Waals surface area contributed by atoms with Crippen molar-refractivity contribution in [1.29, 1.82) is 0 Å². The molecule has 1 saturated heterocycles. The van der Waals surface area contributed by atoms with Crippen LogP contribution in [0.5, 0.6) is 0 Å². The lowest BCUT2D eigenvalue weighted by atomic mass is 9.96. The van der Waals surface area contributed by atoms with Gasteiger partial charge in [-0.3, -0.25) is 9.59 Å². The molecule has 1 aromatic carbocycles. The largest absolute Gasteiger partial charge is 0.441 e. The Bertz CT molecular complexity index is 760. The van der Waals surface area contributed by atoms with Gasteiger partial charge in [0.1, 0.15) is 0 Å². The number of carbonyl (C=O) groups excluding carboxylic acids is 2. The van der Waals surface area contributed by atoms with E-state index in [4.69, 9.17) is 10.2 Å². The molecule has 27 heavy (non-hydrogen) atoms. The molecule has 0 radical (unpaired) electrons. The number of oxazole rings is 1. The fourth-order valence-electron chi connectivity index (χ4n) is 3.29. The number of carbonyl (C=O) groups is 2. The van der Waals surface area contributed by atoms with Crippen LogP contribution in [0.1, 0.15) is 25.2 Å². The summed E-state index contributed by atoms with van der Waals surface area (Å²) in [5.74, 6) is 1.12. The van der Waals surface area contributed by atoms with Crippen LogP contribution in [0.3, 0.4) is 0 Å². The molecule has 2 amide bonds. The smallest absolute Gasteiger partial charge is 0.224 e. The van der Waals surface area contributed by atoms with Crippen LogP contribution in [0, 0.1) is 5.92 Å². The van der Waals surface area contributed by atoms with Gasteiger partial charge in [0.25, 0.3) is 0 Å². The molecule has 0 aliphatic carbocycles. The van der Waals surface area contributed by atoms with Crippen LogP contribution < -0.4 is 11.1 Å². The zero-order valence-corrected chi connectivity index (χ0v) is 15.4. The maximum absolute atomic E-state index is 12.5. The van der Waals surface area contributed by atoms with Gasteiger partial charge in [0, 0.05) is 44.6 Å². The maximum atomic E-state index is 12.5. The van der Waals surface area contributed by atoms with Gasteiger partial charge in [-0.15, -0.1) is 0 Å². The molecule has 7 heteroatoms. The number of hydrogen-bond acceptors (Lipinski definition) is 5. The van der Waals surface area contributed by atoms with Crippen molar-refractivity contribution < 1.29 is 14.0 Å². The summed E-state index contributed by atoms with van der Waals surface area (Å²) < 4.78 is 5.75. The van der Waals surface area contributed by atoms with E-state index in [1.165, 1.54) is 0 Å². The minimum absolute atomic E-state index is 0.0156. The standard InChI is InChI=1S/C20H26N4O3/c21-10-11-22-20(26)16-7-4-12-24(14-16)19(25)9-8-18-23-13-17(27-18)15-5-2-1-3-6-15/h1-3,5-6,13,16H,4,7-12,14,21H2,(H,22,26). The maximum Gasteiger partial charge on any atom is 0.224 e. The molecule has 1 unspecified atom stereocenters. The van der Waals surface area contributed by atoms with Gasteiger partial charge >= 0.3 is 0 Å². The number of aryl methyl sites for hydroxylation is 1. The Hall–Kier alpha value is -2.67. The molecule has 1 aliphatic heterocycles. The van der Waals surface area contributed by atoms with Gasteiger partial charge in [-0.25, -0.2) is 4.98 Å². The monoisotopic (exact) mass is 370 g/mol. The van der Waals surface area contributed by atoms with Crippen molar-refractivity contribution in [1.82, 2.24) is 15.2 Å². The molecule has 7 nitrogen and oxygen atoms in total. The highest BCUT2D eigenvalue weighted by atomic mass is 16.4. The first-order valence-corrected chi connectivity index (χ1v) is 9.43. The zero-order chi connectivity index (χ0) is 19.1. The highest BCUT2D eigenvalue weighted by Crippen LogP contribution is 2.21. The normalized spacial score (nSPS) is 16.9. The van der Waals surface area contributed by atoms with Crippen LogP contribution in [0.25, 0.3) is 11.3 Å².